The molecule has 0 aliphatic rings. The SMILES string of the molecule is Cn1cc(C(F)(F)CCCC(=O)O)cn1. The van der Waals surface area contributed by atoms with Gasteiger partial charge in [0.05, 0.1) is 11.8 Å². The Bertz CT molecular complexity index is 350. The monoisotopic (exact) mass is 218 g/mol. The highest BCUT2D eigenvalue weighted by Crippen LogP contribution is 2.32. The van der Waals surface area contributed by atoms with Gasteiger partial charge in [-0.05, 0) is 6.42 Å². The lowest BCUT2D eigenvalue weighted by Crippen LogP contribution is -2.13. The van der Waals surface area contributed by atoms with Crippen LogP contribution in [0.3, 0.4) is 0 Å². The molecule has 0 amide bonds. The molecule has 1 aromatic heterocycles. The summed E-state index contributed by atoms with van der Waals surface area (Å²) < 4.78 is 28.0. The van der Waals surface area contributed by atoms with Gasteiger partial charge in [0.1, 0.15) is 0 Å². The predicted octanol–water partition coefficient (Wildman–Crippen LogP) is 1.77. The number of alkyl halides is 2. The van der Waals surface area contributed by atoms with Crippen LogP contribution in [0.4, 0.5) is 8.78 Å². The second kappa shape index (κ2) is 4.37. The zero-order valence-corrected chi connectivity index (χ0v) is 8.28. The van der Waals surface area contributed by atoms with E-state index in [0.29, 0.717) is 0 Å². The molecule has 1 N–H and O–H groups in total. The van der Waals surface area contributed by atoms with Crippen molar-refractivity contribution in [2.24, 2.45) is 7.05 Å². The van der Waals surface area contributed by atoms with Crippen molar-refractivity contribution < 1.29 is 18.7 Å². The number of carboxylic acid groups (broad SMARTS) is 1. The van der Waals surface area contributed by atoms with E-state index >= 15 is 0 Å². The van der Waals surface area contributed by atoms with Crippen LogP contribution in [0, 0.1) is 0 Å². The molecule has 0 fully saturated rings. The standard InChI is InChI=1S/C9H12F2N2O2/c1-13-6-7(5-12-13)9(10,11)4-2-3-8(14)15/h5-6H,2-4H2,1H3,(H,14,15). The van der Waals surface area contributed by atoms with E-state index in [1.165, 1.54) is 10.9 Å². The molecule has 84 valence electrons. The fourth-order valence-corrected chi connectivity index (χ4v) is 1.22. The van der Waals surface area contributed by atoms with Gasteiger partial charge in [0.25, 0.3) is 5.92 Å². The molecule has 15 heavy (non-hydrogen) atoms. The molecule has 0 saturated carbocycles. The van der Waals surface area contributed by atoms with Gasteiger partial charge >= 0.3 is 5.97 Å². The van der Waals surface area contributed by atoms with Crippen LogP contribution >= 0.6 is 0 Å². The van der Waals surface area contributed by atoms with Crippen LogP contribution in [0.15, 0.2) is 12.4 Å². The van der Waals surface area contributed by atoms with Crippen LogP contribution < -0.4 is 0 Å². The first kappa shape index (κ1) is 11.6. The van der Waals surface area contributed by atoms with Crippen molar-refractivity contribution in [2.45, 2.75) is 25.2 Å². The summed E-state index contributed by atoms with van der Waals surface area (Å²) in [5.74, 6) is -4.05. The minimum Gasteiger partial charge on any atom is -0.481 e. The van der Waals surface area contributed by atoms with Crippen LogP contribution in [0.1, 0.15) is 24.8 Å². The van der Waals surface area contributed by atoms with Crippen LogP contribution in [-0.4, -0.2) is 20.9 Å². The number of hydrogen-bond acceptors (Lipinski definition) is 2. The van der Waals surface area contributed by atoms with E-state index in [0.717, 1.165) is 6.20 Å². The number of carboxylic acids is 1. The Labute approximate surface area is 85.5 Å². The zero-order chi connectivity index (χ0) is 11.5. The van der Waals surface area contributed by atoms with Gasteiger partial charge in [-0.25, -0.2) is 8.78 Å². The lowest BCUT2D eigenvalue weighted by Gasteiger charge is -2.13. The Morgan fingerprint density at radius 3 is 2.80 bits per heavy atom. The number of aliphatic carboxylic acids is 1. The van der Waals surface area contributed by atoms with Crippen molar-refractivity contribution in [1.82, 2.24) is 9.78 Å². The Morgan fingerprint density at radius 1 is 1.67 bits per heavy atom. The first-order valence-electron chi connectivity index (χ1n) is 4.50. The Hall–Kier alpha value is -1.46. The molecule has 0 aliphatic carbocycles. The molecule has 0 bridgehead atoms. The summed E-state index contributed by atoms with van der Waals surface area (Å²) in [5, 5.41) is 12.0. The highest BCUT2D eigenvalue weighted by atomic mass is 19.3. The molecule has 1 heterocycles. The van der Waals surface area contributed by atoms with Crippen molar-refractivity contribution in [2.75, 3.05) is 0 Å². The van der Waals surface area contributed by atoms with Crippen molar-refractivity contribution in [3.63, 3.8) is 0 Å². The van der Waals surface area contributed by atoms with Gasteiger partial charge in [0.15, 0.2) is 0 Å². The van der Waals surface area contributed by atoms with Crippen molar-refractivity contribution in [3.8, 4) is 0 Å². The van der Waals surface area contributed by atoms with Gasteiger partial charge in [-0.1, -0.05) is 0 Å². The van der Waals surface area contributed by atoms with Crippen LogP contribution in [0.2, 0.25) is 0 Å². The van der Waals surface area contributed by atoms with Crippen LogP contribution in [0.25, 0.3) is 0 Å². The highest BCUT2D eigenvalue weighted by Gasteiger charge is 2.32. The smallest absolute Gasteiger partial charge is 0.303 e. The lowest BCUT2D eigenvalue weighted by molar-refractivity contribution is -0.137. The second-order valence-electron chi connectivity index (χ2n) is 3.35. The predicted molar refractivity (Wildman–Crippen MR) is 48.6 cm³/mol. The molecule has 0 unspecified atom stereocenters. The molecule has 0 spiro atoms. The largest absolute Gasteiger partial charge is 0.481 e. The van der Waals surface area contributed by atoms with E-state index in [2.05, 4.69) is 5.10 Å². The number of nitrogens with zero attached hydrogens (tertiary/aromatic N) is 2. The maximum atomic E-state index is 13.4. The van der Waals surface area contributed by atoms with Gasteiger partial charge in [0.2, 0.25) is 0 Å². The van der Waals surface area contributed by atoms with E-state index in [9.17, 15) is 13.6 Å². The number of halogens is 2. The summed E-state index contributed by atoms with van der Waals surface area (Å²) in [6, 6.07) is 0. The van der Waals surface area contributed by atoms with Gasteiger partial charge < -0.3 is 5.11 Å². The summed E-state index contributed by atoms with van der Waals surface area (Å²) in [5.41, 5.74) is -0.171. The lowest BCUT2D eigenvalue weighted by atomic mass is 10.1. The molecule has 1 rings (SSSR count). The van der Waals surface area contributed by atoms with Crippen molar-refractivity contribution >= 4 is 5.97 Å². The minimum atomic E-state index is -3.00. The molecule has 0 radical (unpaired) electrons. The van der Waals surface area contributed by atoms with E-state index in [1.54, 1.807) is 7.05 Å². The van der Waals surface area contributed by atoms with Crippen molar-refractivity contribution in [3.05, 3.63) is 18.0 Å². The quantitative estimate of drug-likeness (QED) is 0.819. The van der Waals surface area contributed by atoms with Gasteiger partial charge in [-0.15, -0.1) is 0 Å². The number of aryl methyl sites for hydroxylation is 1. The fraction of sp³-hybridized carbons (Fsp3) is 0.556. The van der Waals surface area contributed by atoms with E-state index in [4.69, 9.17) is 5.11 Å². The number of carbonyl (C=O) groups is 1. The Morgan fingerprint density at radius 2 is 2.33 bits per heavy atom. The van der Waals surface area contributed by atoms with E-state index in [1.807, 2.05) is 0 Å². The summed E-state index contributed by atoms with van der Waals surface area (Å²) in [7, 11) is 1.55. The molecule has 0 saturated heterocycles. The van der Waals surface area contributed by atoms with Crippen LogP contribution in [0.5, 0.6) is 0 Å². The first-order chi connectivity index (χ1) is 6.92. The summed E-state index contributed by atoms with van der Waals surface area (Å²) in [6.45, 7) is 0. The first-order valence-corrected chi connectivity index (χ1v) is 4.50. The molecule has 6 heteroatoms. The fourth-order valence-electron chi connectivity index (χ4n) is 1.22. The number of aromatic nitrogens is 2. The molecule has 0 atom stereocenters. The topological polar surface area (TPSA) is 55.1 Å². The van der Waals surface area contributed by atoms with E-state index < -0.39 is 18.3 Å². The molecule has 4 nitrogen and oxygen atoms in total. The third-order valence-corrected chi connectivity index (χ3v) is 2.01. The number of hydrogen-bond donors (Lipinski definition) is 1. The highest BCUT2D eigenvalue weighted by molar-refractivity contribution is 5.66. The average molecular weight is 218 g/mol. The van der Waals surface area contributed by atoms with Gasteiger partial charge in [0, 0.05) is 26.1 Å². The maximum Gasteiger partial charge on any atom is 0.303 e. The summed E-state index contributed by atoms with van der Waals surface area (Å²) >= 11 is 0. The number of rotatable bonds is 5. The van der Waals surface area contributed by atoms with Crippen LogP contribution in [-0.2, 0) is 17.8 Å². The molecular formula is C9H12F2N2O2. The summed E-state index contributed by atoms with van der Waals surface area (Å²) in [6.07, 6.45) is 1.58. The minimum absolute atomic E-state index is 0.0444. The Balaban J connectivity index is 2.55. The van der Waals surface area contributed by atoms with Gasteiger partial charge in [-0.2, -0.15) is 5.10 Å². The van der Waals surface area contributed by atoms with Gasteiger partial charge in [-0.3, -0.25) is 9.48 Å². The average Bonchev–Trinajstić information content (AvgIpc) is 2.51. The zero-order valence-electron chi connectivity index (χ0n) is 8.28. The van der Waals surface area contributed by atoms with Crippen molar-refractivity contribution in [1.29, 1.82) is 0 Å². The third kappa shape index (κ3) is 3.30. The molecule has 0 aromatic carbocycles. The second-order valence-corrected chi connectivity index (χ2v) is 3.35. The molecular weight excluding hydrogens is 206 g/mol. The summed E-state index contributed by atoms with van der Waals surface area (Å²) in [4.78, 5) is 10.2. The third-order valence-electron chi connectivity index (χ3n) is 2.01. The molecule has 1 aromatic rings. The maximum absolute atomic E-state index is 13.4. The Kier molecular flexibility index (Phi) is 3.39. The van der Waals surface area contributed by atoms with E-state index in [-0.39, 0.29) is 18.4 Å². The molecule has 0 aliphatic heterocycles. The normalized spacial score (nSPS) is 11.7.